The molecule has 2 aromatic rings. The van der Waals surface area contributed by atoms with Crippen LogP contribution < -0.4 is 21.3 Å². The second-order valence-electron chi connectivity index (χ2n) is 16.2. The number of thioether (sulfide) groups is 2. The van der Waals surface area contributed by atoms with Crippen molar-refractivity contribution in [3.8, 4) is 0 Å². The Bertz CT molecular complexity index is 1650. The summed E-state index contributed by atoms with van der Waals surface area (Å²) in [7, 11) is 2.69. The zero-order valence-corrected chi connectivity index (χ0v) is 38.8. The van der Waals surface area contributed by atoms with Crippen LogP contribution in [0.5, 0.6) is 0 Å². The van der Waals surface area contributed by atoms with Crippen molar-refractivity contribution in [3.05, 3.63) is 47.9 Å². The van der Waals surface area contributed by atoms with Crippen LogP contribution >= 0.6 is 45.1 Å². The third-order valence-corrected chi connectivity index (χ3v) is 13.0. The number of nitrogens with one attached hydrogen (secondary N) is 4. The van der Waals surface area contributed by atoms with E-state index in [1.54, 1.807) is 105 Å². The minimum absolute atomic E-state index is 0.144. The maximum absolute atomic E-state index is 13.6. The van der Waals surface area contributed by atoms with Crippen molar-refractivity contribution in [3.63, 3.8) is 0 Å². The van der Waals surface area contributed by atoms with E-state index < -0.39 is 59.4 Å². The highest BCUT2D eigenvalue weighted by Crippen LogP contribution is 2.36. The molecular weight excluding hydrogens is 849 g/mol. The van der Waals surface area contributed by atoms with E-state index in [0.29, 0.717) is 55.6 Å². The minimum atomic E-state index is -1.03. The second-order valence-corrected chi connectivity index (χ2v) is 20.6. The van der Waals surface area contributed by atoms with E-state index in [9.17, 15) is 28.8 Å². The number of hydrogen-bond donors (Lipinski definition) is 4. The molecule has 0 aliphatic carbocycles. The molecule has 0 spiro atoms. The van der Waals surface area contributed by atoms with E-state index in [4.69, 9.17) is 9.47 Å². The largest absolute Gasteiger partial charge is 0.444 e. The van der Waals surface area contributed by atoms with Gasteiger partial charge in [0.25, 0.3) is 11.8 Å². The Morgan fingerprint density at radius 3 is 1.60 bits per heavy atom. The van der Waals surface area contributed by atoms with Gasteiger partial charge in [-0.2, -0.15) is 0 Å². The summed E-state index contributed by atoms with van der Waals surface area (Å²) < 4.78 is 10.9. The molecule has 16 nitrogen and oxygen atoms in total. The summed E-state index contributed by atoms with van der Waals surface area (Å²) in [6.07, 6.45) is 3.70. The van der Waals surface area contributed by atoms with Gasteiger partial charge in [-0.1, -0.05) is 26.7 Å². The standard InChI is InChI=1S/C40H58N8O8S4/c1-9-11-27(31(35(51)47-17-19-57-23-47)45-37(53)55-39(3,4)5)43-33(49)25-13-16-30(42-21-25)60-59-26-14-15-29(41-22-26)34(50)44-28(12-10-2)32(36(52)48-18-20-58-24-48)46-38(54)56-40(6,7)8/h13-16,21-22,27-28,31-32H,9-12,17-20,23-24H2,1-8H3,(H,43,49)(H,44,50)(H,45,53)(H,46,54). The fraction of sp³-hybridized carbons (Fsp3) is 0.600. The molecule has 2 aliphatic heterocycles. The number of aromatic nitrogens is 2. The smallest absolute Gasteiger partial charge is 0.408 e. The van der Waals surface area contributed by atoms with Crippen LogP contribution in [-0.2, 0) is 19.1 Å². The zero-order chi connectivity index (χ0) is 44.0. The summed E-state index contributed by atoms with van der Waals surface area (Å²) in [4.78, 5) is 92.7. The average molecular weight is 907 g/mol. The topological polar surface area (TPSA) is 201 Å². The number of hydrogen-bond acceptors (Lipinski definition) is 14. The van der Waals surface area contributed by atoms with Crippen molar-refractivity contribution >= 4 is 80.9 Å². The highest BCUT2D eigenvalue weighted by atomic mass is 33.1. The van der Waals surface area contributed by atoms with Crippen molar-refractivity contribution in [2.75, 3.05) is 36.3 Å². The first kappa shape index (κ1) is 48.8. The normalized spacial score (nSPS) is 16.3. The molecule has 4 atom stereocenters. The van der Waals surface area contributed by atoms with E-state index in [-0.39, 0.29) is 23.1 Å². The van der Waals surface area contributed by atoms with Crippen LogP contribution in [0.1, 0.15) is 102 Å². The summed E-state index contributed by atoms with van der Waals surface area (Å²) in [5, 5.41) is 12.0. The number of alkyl carbamates (subject to hydrolysis) is 2. The number of carbonyl (C=O) groups is 6. The molecule has 2 aromatic heterocycles. The van der Waals surface area contributed by atoms with E-state index >= 15 is 0 Å². The van der Waals surface area contributed by atoms with Gasteiger partial charge in [0, 0.05) is 41.9 Å². The van der Waals surface area contributed by atoms with Crippen molar-refractivity contribution in [1.29, 1.82) is 0 Å². The van der Waals surface area contributed by atoms with Crippen molar-refractivity contribution in [2.45, 2.75) is 126 Å². The molecular formula is C40H58N8O8S4. The predicted molar refractivity (Wildman–Crippen MR) is 237 cm³/mol. The lowest BCUT2D eigenvalue weighted by molar-refractivity contribution is -0.133. The van der Waals surface area contributed by atoms with Crippen LogP contribution in [0.15, 0.2) is 46.6 Å². The molecule has 2 saturated heterocycles. The van der Waals surface area contributed by atoms with Crippen LogP contribution in [0.3, 0.4) is 0 Å². The summed E-state index contributed by atoms with van der Waals surface area (Å²) in [6, 6.07) is 3.22. The van der Waals surface area contributed by atoms with Crippen LogP contribution in [0.4, 0.5) is 9.59 Å². The molecule has 2 aliphatic rings. The molecule has 0 saturated carbocycles. The Morgan fingerprint density at radius 2 is 1.20 bits per heavy atom. The maximum Gasteiger partial charge on any atom is 0.408 e. The quantitative estimate of drug-likeness (QED) is 0.136. The lowest BCUT2D eigenvalue weighted by atomic mass is 10.0. The Hall–Kier alpha value is -3.88. The highest BCUT2D eigenvalue weighted by molar-refractivity contribution is 8.76. The van der Waals surface area contributed by atoms with E-state index in [1.807, 2.05) is 13.8 Å². The lowest BCUT2D eigenvalue weighted by Gasteiger charge is -2.31. The predicted octanol–water partition coefficient (Wildman–Crippen LogP) is 5.93. The van der Waals surface area contributed by atoms with E-state index in [2.05, 4.69) is 31.2 Å². The molecule has 330 valence electrons. The highest BCUT2D eigenvalue weighted by Gasteiger charge is 2.38. The molecule has 20 heteroatoms. The van der Waals surface area contributed by atoms with Gasteiger partial charge in [-0.15, -0.1) is 23.5 Å². The fourth-order valence-corrected chi connectivity index (χ4v) is 9.75. The van der Waals surface area contributed by atoms with Gasteiger partial charge in [-0.05, 0) is 100 Å². The van der Waals surface area contributed by atoms with Crippen LogP contribution in [0.2, 0.25) is 0 Å². The molecule has 4 heterocycles. The number of rotatable bonds is 17. The molecule has 0 aromatic carbocycles. The molecule has 60 heavy (non-hydrogen) atoms. The van der Waals surface area contributed by atoms with Gasteiger partial charge in [-0.3, -0.25) is 19.2 Å². The first-order valence-corrected chi connectivity index (χ1v) is 24.4. The van der Waals surface area contributed by atoms with Crippen LogP contribution in [-0.4, -0.2) is 127 Å². The molecule has 4 rings (SSSR count). The fourth-order valence-electron chi connectivity index (χ4n) is 6.09. The number of carbonyl (C=O) groups excluding carboxylic acids is 6. The number of nitrogens with zero attached hydrogens (tertiary/aromatic N) is 4. The maximum atomic E-state index is 13.6. The van der Waals surface area contributed by atoms with Gasteiger partial charge in [0.15, 0.2) is 0 Å². The second kappa shape index (κ2) is 22.8. The van der Waals surface area contributed by atoms with E-state index in [1.165, 1.54) is 27.8 Å². The lowest BCUT2D eigenvalue weighted by Crippen LogP contribution is -2.59. The molecule has 4 unspecified atom stereocenters. The summed E-state index contributed by atoms with van der Waals surface area (Å²) in [6.45, 7) is 15.4. The number of pyridine rings is 2. The molecule has 0 bridgehead atoms. The Balaban J connectivity index is 1.37. The van der Waals surface area contributed by atoms with Gasteiger partial charge in [-0.25, -0.2) is 19.6 Å². The molecule has 6 amide bonds. The summed E-state index contributed by atoms with van der Waals surface area (Å²) >= 11 is 3.25. The third kappa shape index (κ3) is 15.5. The van der Waals surface area contributed by atoms with Crippen molar-refractivity contribution < 1.29 is 38.2 Å². The van der Waals surface area contributed by atoms with Gasteiger partial charge in [0.05, 0.1) is 29.4 Å². The van der Waals surface area contributed by atoms with Gasteiger partial charge in [0.2, 0.25) is 11.8 Å². The average Bonchev–Trinajstić information content (AvgIpc) is 3.93. The Labute approximate surface area is 369 Å². The molecule has 2 fully saturated rings. The molecule has 0 radical (unpaired) electrons. The van der Waals surface area contributed by atoms with Crippen LogP contribution in [0, 0.1) is 0 Å². The van der Waals surface area contributed by atoms with Gasteiger partial charge in [0.1, 0.15) is 34.0 Å². The van der Waals surface area contributed by atoms with Crippen molar-refractivity contribution in [1.82, 2.24) is 41.0 Å². The Morgan fingerprint density at radius 1 is 0.683 bits per heavy atom. The Kier molecular flexibility index (Phi) is 18.5. The first-order chi connectivity index (χ1) is 28.4. The third-order valence-electron chi connectivity index (χ3n) is 8.83. The van der Waals surface area contributed by atoms with Gasteiger partial charge >= 0.3 is 12.2 Å². The minimum Gasteiger partial charge on any atom is -0.444 e. The number of amides is 6. The van der Waals surface area contributed by atoms with Crippen LogP contribution in [0.25, 0.3) is 0 Å². The van der Waals surface area contributed by atoms with Gasteiger partial charge < -0.3 is 40.5 Å². The van der Waals surface area contributed by atoms with Crippen molar-refractivity contribution in [2.24, 2.45) is 0 Å². The number of ether oxygens (including phenoxy) is 2. The van der Waals surface area contributed by atoms with E-state index in [0.717, 1.165) is 16.4 Å². The molecule has 4 N–H and O–H groups in total. The summed E-state index contributed by atoms with van der Waals surface area (Å²) in [5.74, 6) is 1.12. The first-order valence-electron chi connectivity index (χ1n) is 20.0. The SMILES string of the molecule is CCCC(NC(=O)c1ccc(SSc2ccc(C(=O)NC(CCC)C(NC(=O)OC(C)(C)C)C(=O)N3CCSC3)nc2)nc1)C(NC(=O)OC(C)(C)C)C(=O)N1CCSC1. The summed E-state index contributed by atoms with van der Waals surface area (Å²) in [5.41, 5.74) is -1.11. The zero-order valence-electron chi connectivity index (χ0n) is 35.5. The monoisotopic (exact) mass is 906 g/mol.